The summed E-state index contributed by atoms with van der Waals surface area (Å²) < 4.78 is 35.4. The Labute approximate surface area is 180 Å². The quantitative estimate of drug-likeness (QED) is 0.263. The maximum Gasteiger partial charge on any atom is 0.264 e. The lowest BCUT2D eigenvalue weighted by Gasteiger charge is -2.10. The van der Waals surface area contributed by atoms with E-state index >= 15 is 0 Å². The first kappa shape index (κ1) is 21.1. The first-order valence-electron chi connectivity index (χ1n) is 8.11. The third-order valence-corrected chi connectivity index (χ3v) is 6.64. The van der Waals surface area contributed by atoms with Gasteiger partial charge in [0, 0.05) is 15.0 Å². The number of hydrogen-bond acceptors (Lipinski definition) is 9. The molecule has 150 valence electrons. The normalized spacial score (nSPS) is 11.8. The van der Waals surface area contributed by atoms with E-state index in [1.54, 1.807) is 7.11 Å². The number of anilines is 1. The number of fused-ring (bicyclic) bond motifs is 1. The number of aromatic nitrogens is 4. The topological polar surface area (TPSA) is 122 Å². The van der Waals surface area contributed by atoms with E-state index in [1.807, 2.05) is 22.8 Å². The molecule has 0 fully saturated rings. The van der Waals surface area contributed by atoms with Gasteiger partial charge in [0.25, 0.3) is 10.1 Å². The Hall–Kier alpha value is -1.64. The highest BCUT2D eigenvalue weighted by atomic mass is 127. The van der Waals surface area contributed by atoms with Crippen molar-refractivity contribution in [1.82, 2.24) is 19.5 Å². The van der Waals surface area contributed by atoms with Crippen LogP contribution in [0.15, 0.2) is 34.6 Å². The molecule has 0 aliphatic carbocycles. The van der Waals surface area contributed by atoms with Crippen LogP contribution in [0.3, 0.4) is 0 Å². The summed E-state index contributed by atoms with van der Waals surface area (Å²) >= 11 is 3.70. The SMILES string of the molecule is COc1ccc(I)c(Sc2nc3c(N)ncnc3n2CCCOS(C)(=O)=O)c1. The Kier molecular flexibility index (Phi) is 6.62. The number of nitrogens with zero attached hydrogens (tertiary/aromatic N) is 4. The highest BCUT2D eigenvalue weighted by molar-refractivity contribution is 14.1. The molecule has 3 rings (SSSR count). The van der Waals surface area contributed by atoms with Crippen molar-refractivity contribution in [1.29, 1.82) is 0 Å². The van der Waals surface area contributed by atoms with Crippen LogP contribution in [0, 0.1) is 3.57 Å². The number of halogens is 1. The summed E-state index contributed by atoms with van der Waals surface area (Å²) in [4.78, 5) is 13.9. The number of benzene rings is 1. The van der Waals surface area contributed by atoms with E-state index in [0.29, 0.717) is 35.1 Å². The molecule has 0 aliphatic rings. The Morgan fingerprint density at radius 3 is 2.82 bits per heavy atom. The molecule has 0 saturated heterocycles. The van der Waals surface area contributed by atoms with Gasteiger partial charge in [-0.25, -0.2) is 15.0 Å². The van der Waals surface area contributed by atoms with Crippen LogP contribution < -0.4 is 10.5 Å². The molecule has 2 heterocycles. The van der Waals surface area contributed by atoms with E-state index in [1.165, 1.54) is 18.1 Å². The zero-order chi connectivity index (χ0) is 20.3. The van der Waals surface area contributed by atoms with Gasteiger partial charge in [-0.05, 0) is 47.2 Å². The Bertz CT molecular complexity index is 1100. The molecule has 3 aromatic rings. The van der Waals surface area contributed by atoms with E-state index in [9.17, 15) is 8.42 Å². The fraction of sp³-hybridized carbons (Fsp3) is 0.312. The number of aryl methyl sites for hydroxylation is 1. The van der Waals surface area contributed by atoms with E-state index in [2.05, 4.69) is 37.5 Å². The van der Waals surface area contributed by atoms with Gasteiger partial charge in [0.15, 0.2) is 22.1 Å². The average Bonchev–Trinajstić information content (AvgIpc) is 2.98. The van der Waals surface area contributed by atoms with Crippen molar-refractivity contribution in [3.8, 4) is 5.75 Å². The summed E-state index contributed by atoms with van der Waals surface area (Å²) in [6.07, 6.45) is 2.87. The molecule has 0 aliphatic heterocycles. The van der Waals surface area contributed by atoms with Gasteiger partial charge in [-0.15, -0.1) is 0 Å². The molecule has 0 bridgehead atoms. The van der Waals surface area contributed by atoms with Crippen molar-refractivity contribution >= 4 is 61.5 Å². The lowest BCUT2D eigenvalue weighted by molar-refractivity contribution is 0.306. The van der Waals surface area contributed by atoms with Gasteiger partial charge in [0.1, 0.15) is 12.1 Å². The fourth-order valence-electron chi connectivity index (χ4n) is 2.43. The van der Waals surface area contributed by atoms with Crippen molar-refractivity contribution in [2.45, 2.75) is 23.0 Å². The minimum absolute atomic E-state index is 0.0693. The third kappa shape index (κ3) is 5.04. The molecule has 0 saturated carbocycles. The number of nitrogen functional groups attached to an aromatic ring is 1. The van der Waals surface area contributed by atoms with Gasteiger partial charge < -0.3 is 15.0 Å². The average molecular weight is 535 g/mol. The van der Waals surface area contributed by atoms with Crippen molar-refractivity contribution in [2.24, 2.45) is 0 Å². The highest BCUT2D eigenvalue weighted by Crippen LogP contribution is 2.35. The van der Waals surface area contributed by atoms with Crippen molar-refractivity contribution in [3.05, 3.63) is 28.1 Å². The number of imidazole rings is 1. The molecule has 2 aromatic heterocycles. The Morgan fingerprint density at radius 1 is 1.32 bits per heavy atom. The number of methoxy groups -OCH3 is 1. The maximum absolute atomic E-state index is 11.2. The number of ether oxygens (including phenoxy) is 1. The number of nitrogens with two attached hydrogens (primary N) is 1. The zero-order valence-electron chi connectivity index (χ0n) is 15.1. The summed E-state index contributed by atoms with van der Waals surface area (Å²) in [6.45, 7) is 0.533. The molecule has 0 spiro atoms. The summed E-state index contributed by atoms with van der Waals surface area (Å²) in [5.74, 6) is 1.03. The summed E-state index contributed by atoms with van der Waals surface area (Å²) in [6, 6.07) is 5.78. The predicted molar refractivity (Wildman–Crippen MR) is 115 cm³/mol. The van der Waals surface area contributed by atoms with Crippen molar-refractivity contribution < 1.29 is 17.3 Å². The summed E-state index contributed by atoms with van der Waals surface area (Å²) in [5.41, 5.74) is 7.05. The standard InChI is InChI=1S/C16H18IN5O4S2/c1-25-10-4-5-11(17)12(8-10)27-16-21-13-14(18)19-9-20-15(13)22(16)6-3-7-26-28(2,23)24/h4-5,8-9H,3,6-7H2,1-2H3,(H2,18,19,20). The monoisotopic (exact) mass is 535 g/mol. The van der Waals surface area contributed by atoms with Crippen LogP contribution in [0.25, 0.3) is 11.2 Å². The van der Waals surface area contributed by atoms with Crippen LogP contribution in [-0.2, 0) is 20.8 Å². The van der Waals surface area contributed by atoms with Gasteiger partial charge in [-0.1, -0.05) is 11.8 Å². The summed E-state index contributed by atoms with van der Waals surface area (Å²) in [5, 5.41) is 0.674. The molecule has 2 N–H and O–H groups in total. The lowest BCUT2D eigenvalue weighted by atomic mass is 10.3. The smallest absolute Gasteiger partial charge is 0.264 e. The molecule has 28 heavy (non-hydrogen) atoms. The van der Waals surface area contributed by atoms with E-state index in [-0.39, 0.29) is 6.61 Å². The molecule has 9 nitrogen and oxygen atoms in total. The van der Waals surface area contributed by atoms with Crippen LogP contribution in [0.5, 0.6) is 5.75 Å². The molecular formula is C16H18IN5O4S2. The van der Waals surface area contributed by atoms with Gasteiger partial charge in [0.2, 0.25) is 0 Å². The zero-order valence-corrected chi connectivity index (χ0v) is 18.9. The van der Waals surface area contributed by atoms with E-state index < -0.39 is 10.1 Å². The van der Waals surface area contributed by atoms with Crippen molar-refractivity contribution in [2.75, 3.05) is 25.7 Å². The minimum atomic E-state index is -3.48. The molecular weight excluding hydrogens is 517 g/mol. The molecule has 0 atom stereocenters. The highest BCUT2D eigenvalue weighted by Gasteiger charge is 2.17. The van der Waals surface area contributed by atoms with E-state index in [4.69, 9.17) is 14.7 Å². The third-order valence-electron chi connectivity index (χ3n) is 3.69. The maximum atomic E-state index is 11.2. The molecule has 0 radical (unpaired) electrons. The second-order valence-electron chi connectivity index (χ2n) is 5.76. The Morgan fingerprint density at radius 2 is 2.11 bits per heavy atom. The molecule has 0 unspecified atom stereocenters. The van der Waals surface area contributed by atoms with Gasteiger partial charge in [0.05, 0.1) is 20.0 Å². The largest absolute Gasteiger partial charge is 0.497 e. The van der Waals surface area contributed by atoms with Gasteiger partial charge >= 0.3 is 0 Å². The molecule has 0 amide bonds. The summed E-state index contributed by atoms with van der Waals surface area (Å²) in [7, 11) is -1.86. The second kappa shape index (κ2) is 8.80. The number of rotatable bonds is 8. The number of hydrogen-bond donors (Lipinski definition) is 1. The van der Waals surface area contributed by atoms with Gasteiger partial charge in [-0.2, -0.15) is 8.42 Å². The van der Waals surface area contributed by atoms with Crippen LogP contribution in [-0.4, -0.2) is 47.9 Å². The van der Waals surface area contributed by atoms with Gasteiger partial charge in [-0.3, -0.25) is 4.18 Å². The first-order chi connectivity index (χ1) is 13.3. The minimum Gasteiger partial charge on any atom is -0.497 e. The lowest BCUT2D eigenvalue weighted by Crippen LogP contribution is -2.08. The van der Waals surface area contributed by atoms with Crippen LogP contribution >= 0.6 is 34.4 Å². The van der Waals surface area contributed by atoms with Crippen LogP contribution in [0.1, 0.15) is 6.42 Å². The molecule has 1 aromatic carbocycles. The van der Waals surface area contributed by atoms with Crippen LogP contribution in [0.4, 0.5) is 5.82 Å². The Balaban J connectivity index is 1.93. The predicted octanol–water partition coefficient (Wildman–Crippen LogP) is 2.54. The van der Waals surface area contributed by atoms with Crippen LogP contribution in [0.2, 0.25) is 0 Å². The fourth-order valence-corrected chi connectivity index (χ4v) is 4.48. The first-order valence-corrected chi connectivity index (χ1v) is 11.8. The van der Waals surface area contributed by atoms with E-state index in [0.717, 1.165) is 20.5 Å². The second-order valence-corrected chi connectivity index (χ2v) is 9.57. The van der Waals surface area contributed by atoms with Crippen molar-refractivity contribution in [3.63, 3.8) is 0 Å². The molecule has 12 heteroatoms.